The highest BCUT2D eigenvalue weighted by Gasteiger charge is 2.31. The van der Waals surface area contributed by atoms with Crippen LogP contribution in [0.2, 0.25) is 0 Å². The number of nitrogens with zero attached hydrogens (tertiary/aromatic N) is 11. The van der Waals surface area contributed by atoms with Crippen molar-refractivity contribution in [3.05, 3.63) is 131 Å². The molecule has 0 spiro atoms. The minimum absolute atomic E-state index is 0.00115. The first-order chi connectivity index (χ1) is 35.0. The zero-order valence-electron chi connectivity index (χ0n) is 41.5. The number of nitrogens with one attached hydrogen (secondary N) is 1. The number of likely N-dealkylation sites (N-methyl/N-ethyl adjacent to an activating group) is 2. The van der Waals surface area contributed by atoms with E-state index in [0.29, 0.717) is 30.1 Å². The summed E-state index contributed by atoms with van der Waals surface area (Å²) in [6.45, 7) is 14.4. The summed E-state index contributed by atoms with van der Waals surface area (Å²) in [5.74, 6) is -0.455. The van der Waals surface area contributed by atoms with Crippen molar-refractivity contribution >= 4 is 74.8 Å². The highest BCUT2D eigenvalue weighted by molar-refractivity contribution is 8.15. The van der Waals surface area contributed by atoms with Gasteiger partial charge < -0.3 is 34.1 Å². The summed E-state index contributed by atoms with van der Waals surface area (Å²) >= 11 is 2.39. The van der Waals surface area contributed by atoms with E-state index >= 15 is 0 Å². The summed E-state index contributed by atoms with van der Waals surface area (Å²) in [7, 11) is 2.20. The van der Waals surface area contributed by atoms with Gasteiger partial charge in [0, 0.05) is 76.1 Å². The van der Waals surface area contributed by atoms with Crippen LogP contribution in [-0.4, -0.2) is 153 Å². The maximum absolute atomic E-state index is 13.3. The molecule has 0 radical (unpaired) electrons. The molecular formula is C50H63ClF2N12O4S4. The van der Waals surface area contributed by atoms with Crippen molar-refractivity contribution < 1.29 is 25.6 Å². The molecule has 2 atom stereocenters. The smallest absolute Gasteiger partial charge is 0.272 e. The molecule has 0 aliphatic carbocycles. The van der Waals surface area contributed by atoms with E-state index in [2.05, 4.69) is 94.1 Å². The zero-order chi connectivity index (χ0) is 51.7. The van der Waals surface area contributed by atoms with Gasteiger partial charge in [0.25, 0.3) is 19.1 Å². The molecule has 8 heterocycles. The maximum Gasteiger partial charge on any atom is 0.272 e. The van der Waals surface area contributed by atoms with Crippen LogP contribution in [0.15, 0.2) is 106 Å². The Morgan fingerprint density at radius 2 is 1.00 bits per heavy atom. The van der Waals surface area contributed by atoms with Crippen LogP contribution >= 0.6 is 33.4 Å². The van der Waals surface area contributed by atoms with Crippen LogP contribution < -0.4 is 15.1 Å². The number of halogens is 3. The van der Waals surface area contributed by atoms with Crippen LogP contribution in [0.1, 0.15) is 74.1 Å². The van der Waals surface area contributed by atoms with Crippen LogP contribution in [0.25, 0.3) is 12.2 Å². The molecule has 4 fully saturated rings. The standard InChI is InChI=1S/C25H31FN6O2S2.C17H20FN3.C8H12ClN3O2S2/c1-19(21-3-5-22(26)6-4-21)32-18-27-16-23(32)15-20-7-9-31(10-8-20)36(33,34)24-17-28-25(35-24)30-13-11-29(2)12-14-30;1-13(15-2-4-16(18)5-3-15)21-12-20-11-17(21)10-14-6-8-19-9-7-14;1-11-2-4-12(5-3-11)8-10-6-7(15-8)16(9,13)14/h3-6,15-19H,7-14H2,1-2H3;2-5,10-13,19H,6-9H2,1H3;6H,2-5H2,1H3/t19-;13-;/m11./s1. The van der Waals surface area contributed by atoms with Gasteiger partial charge in [-0.05, 0) is 114 Å². The van der Waals surface area contributed by atoms with Gasteiger partial charge in [0.05, 0.1) is 60.9 Å². The molecule has 2 aromatic carbocycles. The van der Waals surface area contributed by atoms with Gasteiger partial charge >= 0.3 is 0 Å². The first-order valence-electron chi connectivity index (χ1n) is 24.4. The van der Waals surface area contributed by atoms with Crippen molar-refractivity contribution in [2.45, 2.75) is 60.0 Å². The lowest BCUT2D eigenvalue weighted by molar-refractivity contribution is 0.313. The average molecular weight is 1100 g/mol. The first kappa shape index (κ1) is 54.4. The minimum atomic E-state index is -3.64. The molecule has 4 saturated heterocycles. The molecule has 73 heavy (non-hydrogen) atoms. The van der Waals surface area contributed by atoms with E-state index in [4.69, 9.17) is 10.7 Å². The summed E-state index contributed by atoms with van der Waals surface area (Å²) in [5, 5.41) is 4.87. The fourth-order valence-corrected chi connectivity index (χ4v) is 13.6. The van der Waals surface area contributed by atoms with Gasteiger partial charge in [-0.2, -0.15) is 4.31 Å². The lowest BCUT2D eigenvalue weighted by Gasteiger charge is -2.32. The quantitative estimate of drug-likeness (QED) is 0.125. The zero-order valence-corrected chi connectivity index (χ0v) is 45.5. The Hall–Kier alpha value is -4.91. The first-order valence-corrected chi connectivity index (χ1v) is 29.8. The largest absolute Gasteiger partial charge is 0.345 e. The molecule has 10 rings (SSSR count). The number of anilines is 2. The van der Waals surface area contributed by atoms with E-state index in [1.807, 2.05) is 30.9 Å². The van der Waals surface area contributed by atoms with E-state index in [-0.39, 0.29) is 27.9 Å². The highest BCUT2D eigenvalue weighted by Crippen LogP contribution is 2.33. The monoisotopic (exact) mass is 1100 g/mol. The van der Waals surface area contributed by atoms with Gasteiger partial charge in [-0.25, -0.2) is 45.6 Å². The Balaban J connectivity index is 0.000000162. The Kier molecular flexibility index (Phi) is 18.3. The predicted octanol–water partition coefficient (Wildman–Crippen LogP) is 7.93. The number of hydrogen-bond donors (Lipinski definition) is 1. The third-order valence-electron chi connectivity index (χ3n) is 13.6. The molecule has 6 aromatic rings. The summed E-state index contributed by atoms with van der Waals surface area (Å²) in [6.07, 6.45) is 18.0. The third kappa shape index (κ3) is 14.3. The minimum Gasteiger partial charge on any atom is -0.345 e. The summed E-state index contributed by atoms with van der Waals surface area (Å²) in [6, 6.07) is 13.3. The number of thiazole rings is 2. The van der Waals surface area contributed by atoms with Crippen molar-refractivity contribution in [1.29, 1.82) is 0 Å². The summed E-state index contributed by atoms with van der Waals surface area (Å²) < 4.78 is 81.3. The van der Waals surface area contributed by atoms with Crippen molar-refractivity contribution in [3.8, 4) is 0 Å². The highest BCUT2D eigenvalue weighted by atomic mass is 35.7. The van der Waals surface area contributed by atoms with E-state index in [9.17, 15) is 25.6 Å². The molecule has 392 valence electrons. The second-order valence-corrected chi connectivity index (χ2v) is 25.6. The summed E-state index contributed by atoms with van der Waals surface area (Å²) in [4.78, 5) is 25.8. The van der Waals surface area contributed by atoms with Crippen molar-refractivity contribution in [1.82, 2.24) is 48.5 Å². The van der Waals surface area contributed by atoms with Crippen LogP contribution in [0.3, 0.4) is 0 Å². The number of benzene rings is 2. The topological polar surface area (TPSA) is 158 Å². The van der Waals surface area contributed by atoms with Gasteiger partial charge in [0.1, 0.15) is 11.6 Å². The van der Waals surface area contributed by atoms with E-state index in [1.54, 1.807) is 22.8 Å². The maximum atomic E-state index is 13.3. The van der Waals surface area contributed by atoms with Gasteiger partial charge in [0.15, 0.2) is 18.7 Å². The molecule has 0 bridgehead atoms. The van der Waals surface area contributed by atoms with Crippen LogP contribution in [-0.2, 0) is 19.1 Å². The molecule has 1 N–H and O–H groups in total. The number of rotatable bonds is 11. The molecule has 4 aromatic heterocycles. The van der Waals surface area contributed by atoms with Gasteiger partial charge in [-0.3, -0.25) is 0 Å². The molecule has 0 amide bonds. The fraction of sp³-hybridized carbons (Fsp3) is 0.440. The van der Waals surface area contributed by atoms with Crippen LogP contribution in [0, 0.1) is 11.6 Å². The number of piperazine rings is 2. The van der Waals surface area contributed by atoms with Crippen molar-refractivity contribution in [2.24, 2.45) is 0 Å². The molecular weight excluding hydrogens is 1030 g/mol. The Bertz CT molecular complexity index is 3020. The van der Waals surface area contributed by atoms with Crippen LogP contribution in [0.4, 0.5) is 19.0 Å². The molecule has 23 heteroatoms. The molecule has 4 aliphatic heterocycles. The number of piperidine rings is 2. The lowest BCUT2D eigenvalue weighted by Crippen LogP contribution is -2.44. The Morgan fingerprint density at radius 3 is 1.42 bits per heavy atom. The number of hydrogen-bond acceptors (Lipinski definition) is 15. The van der Waals surface area contributed by atoms with Crippen LogP contribution in [0.5, 0.6) is 0 Å². The second-order valence-electron chi connectivity index (χ2n) is 18.6. The number of imidazole rings is 2. The van der Waals surface area contributed by atoms with E-state index < -0.39 is 19.1 Å². The molecule has 16 nitrogen and oxygen atoms in total. The van der Waals surface area contributed by atoms with Gasteiger partial charge in [-0.15, -0.1) is 0 Å². The van der Waals surface area contributed by atoms with Crippen molar-refractivity contribution in [2.75, 3.05) is 102 Å². The van der Waals surface area contributed by atoms with Gasteiger partial charge in [-0.1, -0.05) is 58.1 Å². The predicted molar refractivity (Wildman–Crippen MR) is 288 cm³/mol. The number of sulfonamides is 1. The van der Waals surface area contributed by atoms with Crippen molar-refractivity contribution in [3.63, 3.8) is 0 Å². The molecule has 0 saturated carbocycles. The molecule has 0 unspecified atom stereocenters. The third-order valence-corrected chi connectivity index (χ3v) is 20.1. The van der Waals surface area contributed by atoms with E-state index in [1.165, 1.54) is 59.1 Å². The lowest BCUT2D eigenvalue weighted by atomic mass is 10.0. The van der Waals surface area contributed by atoms with Gasteiger partial charge in [0.2, 0.25) is 0 Å². The Morgan fingerprint density at radius 1 is 0.589 bits per heavy atom. The number of aromatic nitrogens is 6. The average Bonchev–Trinajstić information content (AvgIpc) is 4.25. The fourth-order valence-electron chi connectivity index (χ4n) is 8.92. The Labute approximate surface area is 440 Å². The molecule has 4 aliphatic rings. The van der Waals surface area contributed by atoms with E-state index in [0.717, 1.165) is 122 Å². The normalized spacial score (nSPS) is 18.3. The SMILES string of the molecule is CN1CCN(c2ncc(S(=O)(=O)Cl)s2)CC1.C[C@H](c1ccc(F)cc1)n1cncc1C=C1CCN(S(=O)(=O)c2cnc(N3CCN(C)CC3)s2)CC1.C[C@H](c1ccc(F)cc1)n1cncc1C=C1CCNCC1. The summed E-state index contributed by atoms with van der Waals surface area (Å²) in [5.41, 5.74) is 6.80. The second kappa shape index (κ2) is 24.6.